The summed E-state index contributed by atoms with van der Waals surface area (Å²) in [6.45, 7) is 2.10. The third-order valence-corrected chi connectivity index (χ3v) is 4.82. The van der Waals surface area contributed by atoms with Crippen LogP contribution in [0.2, 0.25) is 0 Å². The van der Waals surface area contributed by atoms with Crippen LogP contribution in [0.5, 0.6) is 0 Å². The first-order valence-corrected chi connectivity index (χ1v) is 9.68. The number of nitrogens with one attached hydrogen (secondary N) is 2. The zero-order chi connectivity index (χ0) is 20.9. The maximum absolute atomic E-state index is 11.6. The Bertz CT molecular complexity index is 1160. The zero-order valence-electron chi connectivity index (χ0n) is 16.8. The van der Waals surface area contributed by atoms with E-state index in [9.17, 15) is 4.79 Å². The average Bonchev–Trinajstić information content (AvgIpc) is 2.79. The van der Waals surface area contributed by atoms with Gasteiger partial charge in [-0.15, -0.1) is 0 Å². The number of carbonyl (C=O) groups excluding carboxylic acids is 1. The number of anilines is 3. The predicted molar refractivity (Wildman–Crippen MR) is 119 cm³/mol. The summed E-state index contributed by atoms with van der Waals surface area (Å²) in [5.41, 5.74) is 3.28. The van der Waals surface area contributed by atoms with Gasteiger partial charge in [-0.2, -0.15) is 4.98 Å². The normalized spacial score (nSPS) is 11.7. The Morgan fingerprint density at radius 3 is 2.33 bits per heavy atom. The number of rotatable bonds is 6. The van der Waals surface area contributed by atoms with E-state index in [1.54, 1.807) is 24.3 Å². The lowest BCUT2D eigenvalue weighted by Gasteiger charge is -2.17. The molecule has 2 N–H and O–H groups in total. The summed E-state index contributed by atoms with van der Waals surface area (Å²) in [6.07, 6.45) is 0. The van der Waals surface area contributed by atoms with Gasteiger partial charge in [-0.25, -0.2) is 9.78 Å². The summed E-state index contributed by atoms with van der Waals surface area (Å²) in [7, 11) is 1.36. The number of nitrogens with zero attached hydrogens (tertiary/aromatic N) is 2. The number of carbonyl (C=O) groups is 1. The molecule has 0 aliphatic heterocycles. The minimum Gasteiger partial charge on any atom is -0.465 e. The van der Waals surface area contributed by atoms with Crippen molar-refractivity contribution < 1.29 is 9.53 Å². The van der Waals surface area contributed by atoms with E-state index >= 15 is 0 Å². The topological polar surface area (TPSA) is 76.1 Å². The third kappa shape index (κ3) is 4.22. The van der Waals surface area contributed by atoms with Crippen molar-refractivity contribution in [3.8, 4) is 0 Å². The molecule has 0 aliphatic rings. The Kier molecular flexibility index (Phi) is 5.57. The first-order chi connectivity index (χ1) is 14.6. The Morgan fingerprint density at radius 2 is 1.60 bits per heavy atom. The van der Waals surface area contributed by atoms with Crippen molar-refractivity contribution >= 4 is 34.3 Å². The Hall–Kier alpha value is -3.93. The number of para-hydroxylation sites is 1. The molecule has 0 aliphatic carbocycles. The number of ether oxygens (including phenoxy) is 1. The minimum absolute atomic E-state index is 0.0803. The number of fused-ring (bicyclic) bond motifs is 1. The molecule has 1 aromatic heterocycles. The predicted octanol–water partition coefficient (Wildman–Crippen LogP) is 5.33. The summed E-state index contributed by atoms with van der Waals surface area (Å²) in [6, 6.07) is 25.2. The van der Waals surface area contributed by atoms with Crippen molar-refractivity contribution in [1.82, 2.24) is 9.97 Å². The number of esters is 1. The second-order valence-electron chi connectivity index (χ2n) is 6.88. The largest absolute Gasteiger partial charge is 0.465 e. The van der Waals surface area contributed by atoms with Crippen molar-refractivity contribution in [1.29, 1.82) is 0 Å². The van der Waals surface area contributed by atoms with Gasteiger partial charge in [-0.1, -0.05) is 42.5 Å². The Balaban J connectivity index is 1.63. The van der Waals surface area contributed by atoms with Gasteiger partial charge < -0.3 is 15.4 Å². The summed E-state index contributed by atoms with van der Waals surface area (Å²) >= 11 is 0. The summed E-state index contributed by atoms with van der Waals surface area (Å²) in [5, 5.41) is 7.68. The fraction of sp³-hybridized carbons (Fsp3) is 0.125. The van der Waals surface area contributed by atoms with Crippen LogP contribution in [0.1, 0.15) is 28.9 Å². The zero-order valence-corrected chi connectivity index (χ0v) is 16.8. The van der Waals surface area contributed by atoms with Crippen LogP contribution in [0.3, 0.4) is 0 Å². The highest BCUT2D eigenvalue weighted by Gasteiger charge is 2.12. The van der Waals surface area contributed by atoms with Crippen molar-refractivity contribution in [2.75, 3.05) is 17.7 Å². The molecule has 0 spiro atoms. The highest BCUT2D eigenvalue weighted by atomic mass is 16.5. The summed E-state index contributed by atoms with van der Waals surface area (Å²) in [5.74, 6) is 0.859. The monoisotopic (exact) mass is 398 g/mol. The van der Waals surface area contributed by atoms with Crippen LogP contribution in [0.25, 0.3) is 10.9 Å². The molecule has 0 saturated heterocycles. The van der Waals surface area contributed by atoms with E-state index in [0.29, 0.717) is 11.5 Å². The van der Waals surface area contributed by atoms with E-state index in [-0.39, 0.29) is 12.0 Å². The van der Waals surface area contributed by atoms with Gasteiger partial charge in [0.1, 0.15) is 5.82 Å². The van der Waals surface area contributed by atoms with E-state index in [1.807, 2.05) is 42.5 Å². The molecule has 6 nitrogen and oxygen atoms in total. The van der Waals surface area contributed by atoms with Crippen LogP contribution in [-0.4, -0.2) is 23.0 Å². The van der Waals surface area contributed by atoms with Gasteiger partial charge in [0.15, 0.2) is 0 Å². The number of methoxy groups -OCH3 is 1. The molecule has 0 saturated carbocycles. The average molecular weight is 398 g/mol. The number of benzene rings is 3. The van der Waals surface area contributed by atoms with Gasteiger partial charge in [0.05, 0.1) is 18.2 Å². The van der Waals surface area contributed by atoms with E-state index in [0.717, 1.165) is 22.4 Å². The molecule has 1 atom stereocenters. The quantitative estimate of drug-likeness (QED) is 0.427. The molecule has 3 aromatic carbocycles. The SMILES string of the molecule is COC(=O)c1ccc(Nc2nc(NC(C)c3ccccc3)c3ccccc3n2)cc1. The fourth-order valence-corrected chi connectivity index (χ4v) is 3.21. The molecule has 0 bridgehead atoms. The molecule has 30 heavy (non-hydrogen) atoms. The van der Waals surface area contributed by atoms with E-state index in [4.69, 9.17) is 9.72 Å². The van der Waals surface area contributed by atoms with Gasteiger partial charge in [-0.05, 0) is 48.9 Å². The van der Waals surface area contributed by atoms with Crippen molar-refractivity contribution in [3.63, 3.8) is 0 Å². The standard InChI is InChI=1S/C24H22N4O2/c1-16(17-8-4-3-5-9-17)25-22-20-10-6-7-11-21(20)27-24(28-22)26-19-14-12-18(13-15-19)23(29)30-2/h3-16H,1-2H3,(H2,25,26,27,28). The molecule has 4 aromatic rings. The van der Waals surface area contributed by atoms with E-state index < -0.39 is 0 Å². The molecule has 4 rings (SSSR count). The summed E-state index contributed by atoms with van der Waals surface area (Å²) < 4.78 is 4.74. The molecule has 1 unspecified atom stereocenters. The first-order valence-electron chi connectivity index (χ1n) is 9.68. The second kappa shape index (κ2) is 8.61. The van der Waals surface area contributed by atoms with Crippen LogP contribution >= 0.6 is 0 Å². The van der Waals surface area contributed by atoms with Gasteiger partial charge in [-0.3, -0.25) is 0 Å². The molecule has 0 fully saturated rings. The maximum Gasteiger partial charge on any atom is 0.337 e. The molecule has 1 heterocycles. The molecule has 0 amide bonds. The van der Waals surface area contributed by atoms with Crippen LogP contribution in [-0.2, 0) is 4.74 Å². The van der Waals surface area contributed by atoms with Crippen LogP contribution in [0, 0.1) is 0 Å². The minimum atomic E-state index is -0.370. The van der Waals surface area contributed by atoms with Crippen molar-refractivity contribution in [3.05, 3.63) is 90.0 Å². The van der Waals surface area contributed by atoms with Gasteiger partial charge >= 0.3 is 5.97 Å². The van der Waals surface area contributed by atoms with Crippen LogP contribution < -0.4 is 10.6 Å². The lowest BCUT2D eigenvalue weighted by atomic mass is 10.1. The lowest BCUT2D eigenvalue weighted by molar-refractivity contribution is 0.0601. The fourth-order valence-electron chi connectivity index (χ4n) is 3.21. The van der Waals surface area contributed by atoms with Gasteiger partial charge in [0.25, 0.3) is 0 Å². The molecule has 6 heteroatoms. The maximum atomic E-state index is 11.6. The van der Waals surface area contributed by atoms with Crippen LogP contribution in [0.4, 0.5) is 17.5 Å². The van der Waals surface area contributed by atoms with Gasteiger partial charge in [0.2, 0.25) is 5.95 Å². The Morgan fingerprint density at radius 1 is 0.900 bits per heavy atom. The summed E-state index contributed by atoms with van der Waals surface area (Å²) in [4.78, 5) is 21.0. The smallest absolute Gasteiger partial charge is 0.337 e. The molecule has 0 radical (unpaired) electrons. The van der Waals surface area contributed by atoms with Gasteiger partial charge in [0, 0.05) is 17.1 Å². The third-order valence-electron chi connectivity index (χ3n) is 4.82. The van der Waals surface area contributed by atoms with Crippen molar-refractivity contribution in [2.24, 2.45) is 0 Å². The van der Waals surface area contributed by atoms with E-state index in [1.165, 1.54) is 12.7 Å². The van der Waals surface area contributed by atoms with E-state index in [2.05, 4.69) is 34.7 Å². The lowest BCUT2D eigenvalue weighted by Crippen LogP contribution is -2.10. The number of hydrogen-bond donors (Lipinski definition) is 2. The Labute approximate surface area is 175 Å². The second-order valence-corrected chi connectivity index (χ2v) is 6.88. The van der Waals surface area contributed by atoms with Crippen LogP contribution in [0.15, 0.2) is 78.9 Å². The first kappa shape index (κ1) is 19.4. The number of aromatic nitrogens is 2. The molecule has 150 valence electrons. The highest BCUT2D eigenvalue weighted by molar-refractivity contribution is 5.91. The highest BCUT2D eigenvalue weighted by Crippen LogP contribution is 2.27. The molecular formula is C24H22N4O2. The number of hydrogen-bond acceptors (Lipinski definition) is 6. The van der Waals surface area contributed by atoms with Crippen molar-refractivity contribution in [2.45, 2.75) is 13.0 Å². The molecular weight excluding hydrogens is 376 g/mol.